The molecule has 31 heavy (non-hydrogen) atoms. The van der Waals surface area contributed by atoms with Gasteiger partial charge in [0.2, 0.25) is 0 Å². The summed E-state index contributed by atoms with van der Waals surface area (Å²) in [4.78, 5) is 17.6. The smallest absolute Gasteiger partial charge is 0.161 e. The lowest BCUT2D eigenvalue weighted by atomic mass is 10.0. The molecule has 0 amide bonds. The van der Waals surface area contributed by atoms with Crippen molar-refractivity contribution >= 4 is 22.1 Å². The molecule has 0 spiro atoms. The summed E-state index contributed by atoms with van der Waals surface area (Å²) in [6.45, 7) is 2.10. The van der Waals surface area contributed by atoms with Gasteiger partial charge in [0.1, 0.15) is 5.52 Å². The van der Waals surface area contributed by atoms with Crippen LogP contribution < -0.4 is 0 Å². The van der Waals surface area contributed by atoms with E-state index in [2.05, 4.69) is 57.4 Å². The number of H-pyrrole nitrogens is 2. The standard InChI is InChI=1S/C25H18N6/c1-15-6-4-7-16(14-15)17-8-5-10-20-22(17)29-25(28-20)24-23-21(30-31-24)12-11-19(27-23)18-9-2-3-13-26-18/h2-14H,1H3,(H,28,29)(H,30,31). The summed E-state index contributed by atoms with van der Waals surface area (Å²) in [5.41, 5.74) is 9.26. The molecule has 6 heteroatoms. The number of nitrogens with one attached hydrogen (secondary N) is 2. The minimum absolute atomic E-state index is 0.687. The van der Waals surface area contributed by atoms with Gasteiger partial charge in [-0.25, -0.2) is 9.97 Å². The zero-order valence-electron chi connectivity index (χ0n) is 16.8. The molecule has 148 valence electrons. The Kier molecular flexibility index (Phi) is 3.89. The highest BCUT2D eigenvalue weighted by Crippen LogP contribution is 2.31. The second kappa shape index (κ2) is 6.88. The molecule has 2 aromatic carbocycles. The van der Waals surface area contributed by atoms with Crippen LogP contribution in [-0.4, -0.2) is 30.1 Å². The van der Waals surface area contributed by atoms with E-state index in [1.807, 2.05) is 42.5 Å². The number of pyridine rings is 2. The lowest BCUT2D eigenvalue weighted by Crippen LogP contribution is -1.88. The molecule has 0 aliphatic carbocycles. The highest BCUT2D eigenvalue weighted by molar-refractivity contribution is 5.96. The Bertz CT molecular complexity index is 1550. The number of aryl methyl sites for hydroxylation is 1. The third kappa shape index (κ3) is 2.97. The maximum atomic E-state index is 4.92. The molecular formula is C25H18N6. The number of para-hydroxylation sites is 1. The van der Waals surface area contributed by atoms with E-state index in [4.69, 9.17) is 9.97 Å². The minimum Gasteiger partial charge on any atom is -0.336 e. The van der Waals surface area contributed by atoms with Gasteiger partial charge in [0, 0.05) is 11.8 Å². The van der Waals surface area contributed by atoms with Crippen molar-refractivity contribution in [3.8, 4) is 34.0 Å². The molecule has 4 heterocycles. The molecule has 0 aliphatic heterocycles. The first-order valence-electron chi connectivity index (χ1n) is 10.1. The Hall–Kier alpha value is -4.32. The van der Waals surface area contributed by atoms with Gasteiger partial charge in [-0.1, -0.05) is 48.0 Å². The van der Waals surface area contributed by atoms with Gasteiger partial charge in [0.15, 0.2) is 11.5 Å². The van der Waals surface area contributed by atoms with Gasteiger partial charge in [0.05, 0.1) is 27.9 Å². The van der Waals surface area contributed by atoms with E-state index in [1.54, 1.807) is 6.20 Å². The van der Waals surface area contributed by atoms with Crippen LogP contribution in [0.1, 0.15) is 5.56 Å². The summed E-state index contributed by atoms with van der Waals surface area (Å²) in [6.07, 6.45) is 1.77. The fourth-order valence-corrected chi connectivity index (χ4v) is 3.91. The SMILES string of the molecule is Cc1cccc(-c2cccc3[nH]c(-c4n[nH]c5ccc(-c6ccccn6)nc45)nc23)c1. The van der Waals surface area contributed by atoms with Gasteiger partial charge >= 0.3 is 0 Å². The van der Waals surface area contributed by atoms with E-state index >= 15 is 0 Å². The van der Waals surface area contributed by atoms with Crippen LogP contribution in [0.25, 0.3) is 56.1 Å². The number of fused-ring (bicyclic) bond motifs is 2. The Morgan fingerprint density at radius 2 is 1.68 bits per heavy atom. The molecule has 0 saturated carbocycles. The molecule has 0 fully saturated rings. The molecule has 0 aliphatic rings. The first kappa shape index (κ1) is 17.5. The number of aromatic nitrogens is 6. The van der Waals surface area contributed by atoms with Crippen LogP contribution in [-0.2, 0) is 0 Å². The van der Waals surface area contributed by atoms with Gasteiger partial charge < -0.3 is 4.98 Å². The lowest BCUT2D eigenvalue weighted by molar-refractivity contribution is 1.10. The number of rotatable bonds is 3. The van der Waals surface area contributed by atoms with Crippen LogP contribution in [0.2, 0.25) is 0 Å². The van der Waals surface area contributed by atoms with Crippen LogP contribution in [0, 0.1) is 6.92 Å². The van der Waals surface area contributed by atoms with Crippen molar-refractivity contribution in [2.75, 3.05) is 0 Å². The van der Waals surface area contributed by atoms with E-state index < -0.39 is 0 Å². The number of hydrogen-bond donors (Lipinski definition) is 2. The number of hydrogen-bond acceptors (Lipinski definition) is 4. The molecule has 6 rings (SSSR count). The van der Waals surface area contributed by atoms with E-state index in [9.17, 15) is 0 Å². The van der Waals surface area contributed by atoms with Crippen molar-refractivity contribution in [2.24, 2.45) is 0 Å². The average molecular weight is 402 g/mol. The summed E-state index contributed by atoms with van der Waals surface area (Å²) in [7, 11) is 0. The van der Waals surface area contributed by atoms with Crippen molar-refractivity contribution in [2.45, 2.75) is 6.92 Å². The zero-order valence-corrected chi connectivity index (χ0v) is 16.8. The van der Waals surface area contributed by atoms with Crippen molar-refractivity contribution < 1.29 is 0 Å². The van der Waals surface area contributed by atoms with Gasteiger partial charge in [-0.05, 0) is 42.8 Å². The summed E-state index contributed by atoms with van der Waals surface area (Å²) in [5, 5.41) is 7.58. The Morgan fingerprint density at radius 3 is 2.55 bits per heavy atom. The molecule has 6 nitrogen and oxygen atoms in total. The van der Waals surface area contributed by atoms with Crippen LogP contribution in [0.15, 0.2) is 79.0 Å². The van der Waals surface area contributed by atoms with E-state index in [-0.39, 0.29) is 0 Å². The lowest BCUT2D eigenvalue weighted by Gasteiger charge is -2.03. The van der Waals surface area contributed by atoms with Gasteiger partial charge in [0.25, 0.3) is 0 Å². The van der Waals surface area contributed by atoms with Crippen molar-refractivity contribution in [3.63, 3.8) is 0 Å². The predicted molar refractivity (Wildman–Crippen MR) is 122 cm³/mol. The largest absolute Gasteiger partial charge is 0.336 e. The highest BCUT2D eigenvalue weighted by Gasteiger charge is 2.17. The van der Waals surface area contributed by atoms with Crippen molar-refractivity contribution in [3.05, 3.63) is 84.6 Å². The summed E-state index contributed by atoms with van der Waals surface area (Å²) >= 11 is 0. The number of imidazole rings is 1. The topological polar surface area (TPSA) is 83.1 Å². The molecule has 6 aromatic rings. The first-order chi connectivity index (χ1) is 15.3. The Labute approximate surface area is 178 Å². The van der Waals surface area contributed by atoms with Crippen LogP contribution >= 0.6 is 0 Å². The second-order valence-electron chi connectivity index (χ2n) is 7.54. The molecule has 0 unspecified atom stereocenters. The van der Waals surface area contributed by atoms with Gasteiger partial charge in [-0.2, -0.15) is 5.10 Å². The summed E-state index contributed by atoms with van der Waals surface area (Å²) < 4.78 is 0. The van der Waals surface area contributed by atoms with E-state index in [0.717, 1.165) is 44.6 Å². The number of nitrogens with zero attached hydrogens (tertiary/aromatic N) is 4. The third-order valence-corrected chi connectivity index (χ3v) is 5.40. The molecule has 0 atom stereocenters. The number of benzene rings is 2. The number of aromatic amines is 2. The average Bonchev–Trinajstić information content (AvgIpc) is 3.43. The fourth-order valence-electron chi connectivity index (χ4n) is 3.91. The molecule has 2 N–H and O–H groups in total. The van der Waals surface area contributed by atoms with Gasteiger partial charge in [-0.3, -0.25) is 10.1 Å². The maximum absolute atomic E-state index is 4.92. The zero-order chi connectivity index (χ0) is 20.8. The first-order valence-corrected chi connectivity index (χ1v) is 10.1. The fraction of sp³-hybridized carbons (Fsp3) is 0.0400. The molecule has 4 aromatic heterocycles. The van der Waals surface area contributed by atoms with Crippen molar-refractivity contribution in [1.29, 1.82) is 0 Å². The Morgan fingerprint density at radius 1 is 0.742 bits per heavy atom. The molecular weight excluding hydrogens is 384 g/mol. The minimum atomic E-state index is 0.687. The molecule has 0 bridgehead atoms. The predicted octanol–water partition coefficient (Wildman–Crippen LogP) is 5.54. The normalized spacial score (nSPS) is 11.4. The van der Waals surface area contributed by atoms with E-state index in [0.29, 0.717) is 11.5 Å². The summed E-state index contributed by atoms with van der Waals surface area (Å²) in [6, 6.07) is 24.4. The maximum Gasteiger partial charge on any atom is 0.161 e. The van der Waals surface area contributed by atoms with Crippen LogP contribution in [0.4, 0.5) is 0 Å². The van der Waals surface area contributed by atoms with Crippen LogP contribution in [0.5, 0.6) is 0 Å². The third-order valence-electron chi connectivity index (χ3n) is 5.40. The quantitative estimate of drug-likeness (QED) is 0.407. The molecule has 0 radical (unpaired) electrons. The van der Waals surface area contributed by atoms with E-state index in [1.165, 1.54) is 5.56 Å². The monoisotopic (exact) mass is 402 g/mol. The van der Waals surface area contributed by atoms with Gasteiger partial charge in [-0.15, -0.1) is 0 Å². The summed E-state index contributed by atoms with van der Waals surface area (Å²) in [5.74, 6) is 0.687. The Balaban J connectivity index is 1.52. The van der Waals surface area contributed by atoms with Crippen molar-refractivity contribution in [1.82, 2.24) is 30.1 Å². The second-order valence-corrected chi connectivity index (χ2v) is 7.54. The van der Waals surface area contributed by atoms with Crippen LogP contribution in [0.3, 0.4) is 0 Å². The highest BCUT2D eigenvalue weighted by atomic mass is 15.1. The molecule has 0 saturated heterocycles.